The van der Waals surface area contributed by atoms with E-state index in [1.54, 1.807) is 12.1 Å². The van der Waals surface area contributed by atoms with Crippen LogP contribution < -0.4 is 10.1 Å². The van der Waals surface area contributed by atoms with Crippen LogP contribution in [0, 0.1) is 6.92 Å². The number of likely N-dealkylation sites (N-methyl/N-ethyl adjacent to an activating group) is 1. The van der Waals surface area contributed by atoms with Gasteiger partial charge in [-0.2, -0.15) is 0 Å². The number of carbonyl (C=O) groups is 1. The zero-order chi connectivity index (χ0) is 18.7. The minimum absolute atomic E-state index is 0.0915. The smallest absolute Gasteiger partial charge is 0.252 e. The molecule has 5 nitrogen and oxygen atoms in total. The number of phenolic OH excluding ortho intramolecular Hbond substituents is 1. The third-order valence-electron chi connectivity index (χ3n) is 4.78. The maximum atomic E-state index is 12.9. The molecule has 0 bridgehead atoms. The van der Waals surface area contributed by atoms with Crippen LogP contribution in [0.2, 0.25) is 0 Å². The molecule has 0 aliphatic heterocycles. The standard InChI is InChI=1S/C21H26N2O3/c1-15-4-9-18(26-13-12-23(2)3)14-19(15)20(25)22-21(10-11-21)16-5-7-17(24)8-6-16/h4-9,14,24H,10-13H2,1-3H3,(H,22,25). The summed E-state index contributed by atoms with van der Waals surface area (Å²) >= 11 is 0. The Bertz CT molecular complexity index is 780. The number of aryl methyl sites for hydroxylation is 1. The summed E-state index contributed by atoms with van der Waals surface area (Å²) in [6.45, 7) is 3.33. The first kappa shape index (κ1) is 18.3. The first-order valence-electron chi connectivity index (χ1n) is 8.90. The molecule has 0 heterocycles. The van der Waals surface area contributed by atoms with Crippen LogP contribution in [0.4, 0.5) is 0 Å². The molecule has 0 aromatic heterocycles. The Morgan fingerprint density at radius 1 is 1.19 bits per heavy atom. The third-order valence-corrected chi connectivity index (χ3v) is 4.78. The summed E-state index contributed by atoms with van der Waals surface area (Å²) in [6, 6.07) is 12.7. The summed E-state index contributed by atoms with van der Waals surface area (Å²) in [5.74, 6) is 0.845. The van der Waals surface area contributed by atoms with E-state index in [9.17, 15) is 9.90 Å². The van der Waals surface area contributed by atoms with Gasteiger partial charge in [0.05, 0.1) is 5.54 Å². The van der Waals surface area contributed by atoms with Gasteiger partial charge in [0, 0.05) is 12.1 Å². The van der Waals surface area contributed by atoms with Gasteiger partial charge >= 0.3 is 0 Å². The number of carbonyl (C=O) groups excluding carboxylic acids is 1. The van der Waals surface area contributed by atoms with Gasteiger partial charge in [-0.1, -0.05) is 18.2 Å². The van der Waals surface area contributed by atoms with Gasteiger partial charge in [-0.15, -0.1) is 0 Å². The van der Waals surface area contributed by atoms with Gasteiger partial charge in [0.15, 0.2) is 0 Å². The van der Waals surface area contributed by atoms with Gasteiger partial charge in [-0.25, -0.2) is 0 Å². The highest BCUT2D eigenvalue weighted by atomic mass is 16.5. The number of hydrogen-bond donors (Lipinski definition) is 2. The summed E-state index contributed by atoms with van der Waals surface area (Å²) in [4.78, 5) is 14.9. The van der Waals surface area contributed by atoms with Crippen molar-refractivity contribution in [3.8, 4) is 11.5 Å². The summed E-state index contributed by atoms with van der Waals surface area (Å²) in [5, 5.41) is 12.6. The molecule has 2 N–H and O–H groups in total. The SMILES string of the molecule is Cc1ccc(OCCN(C)C)cc1C(=O)NC1(c2ccc(O)cc2)CC1. The number of phenols is 1. The first-order valence-corrected chi connectivity index (χ1v) is 8.90. The minimum Gasteiger partial charge on any atom is -0.508 e. The number of aromatic hydroxyl groups is 1. The molecular weight excluding hydrogens is 328 g/mol. The van der Waals surface area contributed by atoms with Crippen molar-refractivity contribution >= 4 is 5.91 Å². The Balaban J connectivity index is 1.72. The summed E-state index contributed by atoms with van der Waals surface area (Å²) < 4.78 is 5.76. The second kappa shape index (κ2) is 7.38. The fraction of sp³-hybridized carbons (Fsp3) is 0.381. The summed E-state index contributed by atoms with van der Waals surface area (Å²) in [7, 11) is 3.99. The second-order valence-corrected chi connectivity index (χ2v) is 7.21. The summed E-state index contributed by atoms with van der Waals surface area (Å²) in [5.41, 5.74) is 2.26. The van der Waals surface area contributed by atoms with E-state index in [-0.39, 0.29) is 17.2 Å². The van der Waals surface area contributed by atoms with Crippen LogP contribution in [-0.2, 0) is 5.54 Å². The van der Waals surface area contributed by atoms with Crippen molar-refractivity contribution in [2.75, 3.05) is 27.2 Å². The molecule has 1 aliphatic carbocycles. The molecule has 2 aromatic rings. The molecule has 3 rings (SSSR count). The average molecular weight is 354 g/mol. The molecule has 5 heteroatoms. The van der Waals surface area contributed by atoms with E-state index in [1.807, 2.05) is 51.4 Å². The third kappa shape index (κ3) is 4.17. The zero-order valence-electron chi connectivity index (χ0n) is 15.6. The second-order valence-electron chi connectivity index (χ2n) is 7.21. The Hall–Kier alpha value is -2.53. The van der Waals surface area contributed by atoms with E-state index >= 15 is 0 Å². The average Bonchev–Trinajstić information content (AvgIpc) is 3.37. The van der Waals surface area contributed by atoms with Gasteiger partial charge in [-0.05, 0) is 69.3 Å². The number of nitrogens with one attached hydrogen (secondary N) is 1. The number of ether oxygens (including phenoxy) is 1. The minimum atomic E-state index is -0.320. The fourth-order valence-corrected chi connectivity index (χ4v) is 2.96. The lowest BCUT2D eigenvalue weighted by Gasteiger charge is -2.19. The lowest BCUT2D eigenvalue weighted by Crippen LogP contribution is -2.35. The highest BCUT2D eigenvalue weighted by Crippen LogP contribution is 2.46. The normalized spacial score (nSPS) is 14.9. The highest BCUT2D eigenvalue weighted by Gasteiger charge is 2.45. The molecule has 2 aromatic carbocycles. The van der Waals surface area contributed by atoms with Crippen molar-refractivity contribution < 1.29 is 14.6 Å². The number of benzene rings is 2. The maximum absolute atomic E-state index is 12.9. The van der Waals surface area contributed by atoms with E-state index in [0.29, 0.717) is 17.9 Å². The van der Waals surface area contributed by atoms with Gasteiger partial charge in [0.1, 0.15) is 18.1 Å². The molecule has 138 valence electrons. The van der Waals surface area contributed by atoms with Crippen LogP contribution >= 0.6 is 0 Å². The van der Waals surface area contributed by atoms with Crippen molar-refractivity contribution in [1.82, 2.24) is 10.2 Å². The largest absolute Gasteiger partial charge is 0.508 e. The van der Waals surface area contributed by atoms with Crippen LogP contribution in [0.25, 0.3) is 0 Å². The molecule has 1 fully saturated rings. The van der Waals surface area contributed by atoms with Crippen molar-refractivity contribution in [1.29, 1.82) is 0 Å². The van der Waals surface area contributed by atoms with E-state index in [0.717, 1.165) is 30.5 Å². The van der Waals surface area contributed by atoms with Gasteiger partial charge in [0.25, 0.3) is 5.91 Å². The molecule has 26 heavy (non-hydrogen) atoms. The van der Waals surface area contributed by atoms with Crippen LogP contribution in [-0.4, -0.2) is 43.2 Å². The lowest BCUT2D eigenvalue weighted by molar-refractivity contribution is 0.0929. The predicted octanol–water partition coefficient (Wildman–Crippen LogP) is 3.06. The Morgan fingerprint density at radius 3 is 2.50 bits per heavy atom. The number of nitrogens with zero attached hydrogens (tertiary/aromatic N) is 1. The van der Waals surface area contributed by atoms with E-state index in [1.165, 1.54) is 0 Å². The number of hydrogen-bond acceptors (Lipinski definition) is 4. The highest BCUT2D eigenvalue weighted by molar-refractivity contribution is 5.96. The zero-order valence-corrected chi connectivity index (χ0v) is 15.6. The van der Waals surface area contributed by atoms with E-state index < -0.39 is 0 Å². The monoisotopic (exact) mass is 354 g/mol. The fourth-order valence-electron chi connectivity index (χ4n) is 2.96. The van der Waals surface area contributed by atoms with Crippen molar-refractivity contribution in [3.05, 3.63) is 59.2 Å². The molecule has 0 spiro atoms. The molecule has 0 radical (unpaired) electrons. The van der Waals surface area contributed by atoms with Crippen LogP contribution in [0.15, 0.2) is 42.5 Å². The Kier molecular flexibility index (Phi) is 5.18. The van der Waals surface area contributed by atoms with Crippen molar-refractivity contribution in [2.45, 2.75) is 25.3 Å². The first-order chi connectivity index (χ1) is 12.4. The number of rotatable bonds is 7. The molecule has 1 aliphatic rings. The van der Waals surface area contributed by atoms with Crippen molar-refractivity contribution in [3.63, 3.8) is 0 Å². The van der Waals surface area contributed by atoms with Crippen molar-refractivity contribution in [2.24, 2.45) is 0 Å². The Morgan fingerprint density at radius 2 is 1.88 bits per heavy atom. The molecular formula is C21H26N2O3. The molecule has 1 amide bonds. The number of amides is 1. The maximum Gasteiger partial charge on any atom is 0.252 e. The molecule has 0 atom stereocenters. The summed E-state index contributed by atoms with van der Waals surface area (Å²) in [6.07, 6.45) is 1.81. The van der Waals surface area contributed by atoms with Gasteiger partial charge < -0.3 is 20.1 Å². The predicted molar refractivity (Wildman–Crippen MR) is 102 cm³/mol. The van der Waals surface area contributed by atoms with E-state index in [4.69, 9.17) is 4.74 Å². The van der Waals surface area contributed by atoms with Gasteiger partial charge in [-0.3, -0.25) is 4.79 Å². The molecule has 1 saturated carbocycles. The Labute approximate surface area is 154 Å². The van der Waals surface area contributed by atoms with Crippen LogP contribution in [0.3, 0.4) is 0 Å². The van der Waals surface area contributed by atoms with E-state index in [2.05, 4.69) is 10.2 Å². The quantitative estimate of drug-likeness (QED) is 0.802. The van der Waals surface area contributed by atoms with Gasteiger partial charge in [0.2, 0.25) is 0 Å². The van der Waals surface area contributed by atoms with Crippen LogP contribution in [0.5, 0.6) is 11.5 Å². The lowest BCUT2D eigenvalue weighted by atomic mass is 10.0. The van der Waals surface area contributed by atoms with Crippen LogP contribution in [0.1, 0.15) is 34.3 Å². The molecule has 0 saturated heterocycles. The molecule has 0 unspecified atom stereocenters. The topological polar surface area (TPSA) is 61.8 Å².